The Kier molecular flexibility index (Phi) is 8.19. The molecule has 7 heteroatoms. The molecule has 1 fully saturated rings. The third-order valence-corrected chi connectivity index (χ3v) is 6.98. The molecule has 3 aromatic rings. The Labute approximate surface area is 204 Å². The van der Waals surface area contributed by atoms with E-state index in [0.29, 0.717) is 16.9 Å². The van der Waals surface area contributed by atoms with Gasteiger partial charge in [-0.05, 0) is 77.9 Å². The zero-order valence-electron chi connectivity index (χ0n) is 19.8. The van der Waals surface area contributed by atoms with Gasteiger partial charge in [0.25, 0.3) is 0 Å². The topological polar surface area (TPSA) is 49.7 Å². The van der Waals surface area contributed by atoms with Gasteiger partial charge in [0.1, 0.15) is 12.4 Å². The molecule has 0 radical (unpaired) electrons. The first-order chi connectivity index (χ1) is 16.9. The van der Waals surface area contributed by atoms with E-state index in [1.165, 1.54) is 31.0 Å². The van der Waals surface area contributed by atoms with Gasteiger partial charge < -0.3 is 14.8 Å². The van der Waals surface area contributed by atoms with Crippen LogP contribution in [0.5, 0.6) is 5.75 Å². The van der Waals surface area contributed by atoms with Gasteiger partial charge in [-0.15, -0.1) is 0 Å². The Balaban J connectivity index is 1.45. The smallest absolute Gasteiger partial charge is 0.483 e. The monoisotopic (exact) mass is 482 g/mol. The molecule has 0 spiro atoms. The van der Waals surface area contributed by atoms with Crippen molar-refractivity contribution in [2.45, 2.75) is 58.0 Å². The third kappa shape index (κ3) is 6.09. The second-order valence-corrected chi connectivity index (χ2v) is 9.42. The number of halogens is 3. The predicted octanol–water partition coefficient (Wildman–Crippen LogP) is 6.10. The molecule has 3 nitrogen and oxygen atoms in total. The second-order valence-electron chi connectivity index (χ2n) is 9.42. The van der Waals surface area contributed by atoms with E-state index in [0.717, 1.165) is 49.3 Å². The van der Waals surface area contributed by atoms with E-state index < -0.39 is 30.3 Å². The van der Waals surface area contributed by atoms with E-state index in [9.17, 15) is 13.2 Å². The number of benzene rings is 3. The van der Waals surface area contributed by atoms with E-state index in [2.05, 4.69) is 6.92 Å². The number of ether oxygens (including phenoxy) is 1. The van der Waals surface area contributed by atoms with Gasteiger partial charge in [0.15, 0.2) is 17.4 Å². The van der Waals surface area contributed by atoms with Crippen molar-refractivity contribution in [1.82, 2.24) is 0 Å². The minimum Gasteiger partial charge on any atom is -0.483 e. The van der Waals surface area contributed by atoms with Crippen molar-refractivity contribution in [2.75, 3.05) is 0 Å². The molecule has 2 N–H and O–H groups in total. The summed E-state index contributed by atoms with van der Waals surface area (Å²) >= 11 is 0. The molecule has 35 heavy (non-hydrogen) atoms. The average molecular weight is 482 g/mol. The standard InChI is InChI=1S/C28H30BF3O3/c1-2-3-18-4-8-20(9-5-18)21-10-13-24(25(30)14-21)22-15-26(31)28(27(32)16-22)35-17-19-6-11-23(12-7-19)29(33)34/h6-7,10-16,18,20,33-34H,2-5,8-9,17H2,1H3. The summed E-state index contributed by atoms with van der Waals surface area (Å²) in [5, 5.41) is 18.3. The summed E-state index contributed by atoms with van der Waals surface area (Å²) in [6, 6.07) is 13.3. The molecule has 0 heterocycles. The van der Waals surface area contributed by atoms with Crippen LogP contribution >= 0.6 is 0 Å². The Morgan fingerprint density at radius 2 is 1.51 bits per heavy atom. The van der Waals surface area contributed by atoms with Gasteiger partial charge in [0, 0.05) is 5.56 Å². The Morgan fingerprint density at radius 1 is 0.857 bits per heavy atom. The molecule has 0 saturated heterocycles. The van der Waals surface area contributed by atoms with Crippen LogP contribution in [0.15, 0.2) is 54.6 Å². The van der Waals surface area contributed by atoms with Gasteiger partial charge in [-0.3, -0.25) is 0 Å². The van der Waals surface area contributed by atoms with Crippen LogP contribution < -0.4 is 10.2 Å². The molecule has 0 aromatic heterocycles. The highest BCUT2D eigenvalue weighted by Gasteiger charge is 2.23. The Morgan fingerprint density at radius 3 is 2.09 bits per heavy atom. The molecule has 0 atom stereocenters. The van der Waals surface area contributed by atoms with Gasteiger partial charge in [-0.25, -0.2) is 13.2 Å². The van der Waals surface area contributed by atoms with Crippen LogP contribution in [0.2, 0.25) is 0 Å². The molecule has 0 amide bonds. The minimum absolute atomic E-state index is 0.113. The van der Waals surface area contributed by atoms with Crippen molar-refractivity contribution in [1.29, 1.82) is 0 Å². The highest BCUT2D eigenvalue weighted by atomic mass is 19.1. The third-order valence-electron chi connectivity index (χ3n) is 6.98. The van der Waals surface area contributed by atoms with Crippen molar-refractivity contribution in [3.63, 3.8) is 0 Å². The molecule has 3 aromatic carbocycles. The molecular weight excluding hydrogens is 452 g/mol. The van der Waals surface area contributed by atoms with Crippen molar-refractivity contribution in [3.05, 3.63) is 83.2 Å². The lowest BCUT2D eigenvalue weighted by molar-refractivity contribution is 0.274. The summed E-state index contributed by atoms with van der Waals surface area (Å²) in [4.78, 5) is 0. The molecule has 0 aliphatic heterocycles. The molecular formula is C28H30BF3O3. The zero-order chi connectivity index (χ0) is 24.9. The van der Waals surface area contributed by atoms with Crippen LogP contribution in [0, 0.1) is 23.4 Å². The maximum Gasteiger partial charge on any atom is 0.488 e. The summed E-state index contributed by atoms with van der Waals surface area (Å²) < 4.78 is 49.8. The van der Waals surface area contributed by atoms with Gasteiger partial charge in [-0.2, -0.15) is 0 Å². The second kappa shape index (κ2) is 11.3. The number of rotatable bonds is 8. The van der Waals surface area contributed by atoms with Gasteiger partial charge in [-0.1, -0.05) is 56.2 Å². The van der Waals surface area contributed by atoms with Crippen LogP contribution in [-0.4, -0.2) is 17.2 Å². The zero-order valence-corrected chi connectivity index (χ0v) is 19.8. The molecule has 4 rings (SSSR count). The summed E-state index contributed by atoms with van der Waals surface area (Å²) in [6.45, 7) is 2.09. The van der Waals surface area contributed by atoms with Crippen molar-refractivity contribution in [2.24, 2.45) is 5.92 Å². The lowest BCUT2D eigenvalue weighted by atomic mass is 9.77. The van der Waals surface area contributed by atoms with E-state index in [4.69, 9.17) is 14.8 Å². The fourth-order valence-corrected chi connectivity index (χ4v) is 5.01. The molecule has 0 bridgehead atoms. The molecule has 1 aliphatic rings. The minimum atomic E-state index is -1.59. The van der Waals surface area contributed by atoms with E-state index >= 15 is 0 Å². The van der Waals surface area contributed by atoms with Crippen molar-refractivity contribution >= 4 is 12.6 Å². The summed E-state index contributed by atoms with van der Waals surface area (Å²) in [6.07, 6.45) is 6.85. The highest BCUT2D eigenvalue weighted by molar-refractivity contribution is 6.58. The fraction of sp³-hybridized carbons (Fsp3) is 0.357. The van der Waals surface area contributed by atoms with Gasteiger partial charge >= 0.3 is 7.12 Å². The molecule has 1 saturated carbocycles. The SMILES string of the molecule is CCCC1CCC(c2ccc(-c3cc(F)c(OCc4ccc(B(O)O)cc4)c(F)c3)c(F)c2)CC1. The maximum atomic E-state index is 15.0. The molecule has 184 valence electrons. The summed E-state index contributed by atoms with van der Waals surface area (Å²) in [5.41, 5.74) is 2.11. The fourth-order valence-electron chi connectivity index (χ4n) is 5.01. The lowest BCUT2D eigenvalue weighted by Gasteiger charge is -2.28. The first kappa shape index (κ1) is 25.3. The predicted molar refractivity (Wildman–Crippen MR) is 132 cm³/mol. The number of hydrogen-bond acceptors (Lipinski definition) is 3. The first-order valence-electron chi connectivity index (χ1n) is 12.2. The van der Waals surface area contributed by atoms with Crippen LogP contribution in [0.4, 0.5) is 13.2 Å². The first-order valence-corrected chi connectivity index (χ1v) is 12.2. The molecule has 1 aliphatic carbocycles. The largest absolute Gasteiger partial charge is 0.488 e. The lowest BCUT2D eigenvalue weighted by Crippen LogP contribution is -2.29. The van der Waals surface area contributed by atoms with Crippen LogP contribution in [0.25, 0.3) is 11.1 Å². The van der Waals surface area contributed by atoms with Gasteiger partial charge in [0.2, 0.25) is 0 Å². The number of hydrogen-bond donors (Lipinski definition) is 2. The maximum absolute atomic E-state index is 15.0. The van der Waals surface area contributed by atoms with Crippen LogP contribution in [0.3, 0.4) is 0 Å². The average Bonchev–Trinajstić information content (AvgIpc) is 2.84. The van der Waals surface area contributed by atoms with E-state index in [-0.39, 0.29) is 17.7 Å². The van der Waals surface area contributed by atoms with Gasteiger partial charge in [0.05, 0.1) is 0 Å². The molecule has 0 unspecified atom stereocenters. The van der Waals surface area contributed by atoms with E-state index in [1.54, 1.807) is 18.2 Å². The van der Waals surface area contributed by atoms with Crippen molar-refractivity contribution in [3.8, 4) is 16.9 Å². The normalized spacial score (nSPS) is 17.9. The Hall–Kier alpha value is -2.77. The van der Waals surface area contributed by atoms with Crippen LogP contribution in [-0.2, 0) is 6.61 Å². The van der Waals surface area contributed by atoms with Crippen molar-refractivity contribution < 1.29 is 28.0 Å². The quantitative estimate of drug-likeness (QED) is 0.382. The van der Waals surface area contributed by atoms with E-state index in [1.807, 2.05) is 6.07 Å². The summed E-state index contributed by atoms with van der Waals surface area (Å²) in [7, 11) is -1.59. The van der Waals surface area contributed by atoms with Crippen LogP contribution in [0.1, 0.15) is 62.5 Å². The highest BCUT2D eigenvalue weighted by Crippen LogP contribution is 2.39. The summed E-state index contributed by atoms with van der Waals surface area (Å²) in [5.74, 6) is -1.77. The Bertz CT molecular complexity index is 1120.